The van der Waals surface area contributed by atoms with E-state index in [4.69, 9.17) is 0 Å². The summed E-state index contributed by atoms with van der Waals surface area (Å²) in [5.41, 5.74) is 1.09. The maximum atomic E-state index is 11.6. The van der Waals surface area contributed by atoms with Crippen LogP contribution in [0.5, 0.6) is 0 Å². The summed E-state index contributed by atoms with van der Waals surface area (Å²) in [6.07, 6.45) is 4.96. The third-order valence-corrected chi connectivity index (χ3v) is 2.73. The zero-order valence-electron chi connectivity index (χ0n) is 9.48. The number of aryl methyl sites for hydroxylation is 1. The maximum Gasteiger partial charge on any atom is 0.222 e. The van der Waals surface area contributed by atoms with Crippen molar-refractivity contribution in [1.82, 2.24) is 15.6 Å². The van der Waals surface area contributed by atoms with Crippen molar-refractivity contribution < 1.29 is 9.59 Å². The molecule has 1 saturated heterocycles. The maximum absolute atomic E-state index is 11.6. The average molecular weight is 233 g/mol. The average Bonchev–Trinajstić information content (AvgIpc) is 2.73. The van der Waals surface area contributed by atoms with Gasteiger partial charge < -0.3 is 10.6 Å². The van der Waals surface area contributed by atoms with Gasteiger partial charge in [-0.3, -0.25) is 14.6 Å². The Morgan fingerprint density at radius 2 is 2.24 bits per heavy atom. The lowest BCUT2D eigenvalue weighted by atomic mass is 10.1. The van der Waals surface area contributed by atoms with E-state index in [-0.39, 0.29) is 17.9 Å². The normalized spacial score (nSPS) is 18.8. The van der Waals surface area contributed by atoms with Gasteiger partial charge in [-0.2, -0.15) is 0 Å². The highest BCUT2D eigenvalue weighted by molar-refractivity contribution is 5.82. The van der Waals surface area contributed by atoms with Crippen LogP contribution in [0.2, 0.25) is 0 Å². The predicted octanol–water partition coefficient (Wildman–Crippen LogP) is 0.0189. The Hall–Kier alpha value is -1.91. The summed E-state index contributed by atoms with van der Waals surface area (Å²) in [7, 11) is 0. The molecule has 1 aromatic rings. The number of carbonyl (C=O) groups is 2. The number of carbonyl (C=O) groups excluding carboxylic acids is 2. The van der Waals surface area contributed by atoms with E-state index in [1.807, 2.05) is 12.1 Å². The molecule has 2 amide bonds. The Bertz CT molecular complexity index is 405. The van der Waals surface area contributed by atoms with E-state index in [1.165, 1.54) is 0 Å². The first-order valence-electron chi connectivity index (χ1n) is 5.69. The van der Waals surface area contributed by atoms with Gasteiger partial charge >= 0.3 is 0 Å². The number of aromatic nitrogens is 1. The molecule has 1 aliphatic rings. The highest BCUT2D eigenvalue weighted by atomic mass is 16.2. The molecule has 0 spiro atoms. The summed E-state index contributed by atoms with van der Waals surface area (Å²) >= 11 is 0. The molecule has 1 aromatic heterocycles. The highest BCUT2D eigenvalue weighted by Crippen LogP contribution is 2.03. The second-order valence-corrected chi connectivity index (χ2v) is 4.13. The van der Waals surface area contributed by atoms with E-state index < -0.39 is 0 Å². The van der Waals surface area contributed by atoms with Crippen LogP contribution < -0.4 is 10.6 Å². The van der Waals surface area contributed by atoms with Gasteiger partial charge in [0.05, 0.1) is 6.04 Å². The molecule has 1 atom stereocenters. The summed E-state index contributed by atoms with van der Waals surface area (Å²) in [6, 6.07) is 3.74. The quantitative estimate of drug-likeness (QED) is 0.770. The first-order chi connectivity index (χ1) is 8.24. The van der Waals surface area contributed by atoms with Crippen molar-refractivity contribution in [3.63, 3.8) is 0 Å². The third-order valence-electron chi connectivity index (χ3n) is 2.73. The lowest BCUT2D eigenvalue weighted by Crippen LogP contribution is -2.36. The van der Waals surface area contributed by atoms with Crippen molar-refractivity contribution in [3.05, 3.63) is 30.1 Å². The van der Waals surface area contributed by atoms with Crippen LogP contribution >= 0.6 is 0 Å². The molecule has 5 heteroatoms. The van der Waals surface area contributed by atoms with Gasteiger partial charge in [-0.15, -0.1) is 0 Å². The standard InChI is InChI=1S/C12H15N3O2/c16-11(15-10-7-12(17)14-8-10)2-1-9-3-5-13-6-4-9/h3-6,10H,1-2,7-8H2,(H,14,17)(H,15,16). The molecule has 2 heterocycles. The zero-order valence-corrected chi connectivity index (χ0v) is 9.48. The summed E-state index contributed by atoms with van der Waals surface area (Å²) in [5, 5.41) is 5.53. The van der Waals surface area contributed by atoms with Crippen LogP contribution in [0.15, 0.2) is 24.5 Å². The Morgan fingerprint density at radius 1 is 1.47 bits per heavy atom. The predicted molar refractivity (Wildman–Crippen MR) is 62.1 cm³/mol. The Morgan fingerprint density at radius 3 is 2.88 bits per heavy atom. The van der Waals surface area contributed by atoms with Gasteiger partial charge in [-0.05, 0) is 24.1 Å². The van der Waals surface area contributed by atoms with Crippen LogP contribution in [-0.2, 0) is 16.0 Å². The second kappa shape index (κ2) is 5.43. The number of hydrogen-bond acceptors (Lipinski definition) is 3. The van der Waals surface area contributed by atoms with Crippen molar-refractivity contribution >= 4 is 11.8 Å². The lowest BCUT2D eigenvalue weighted by Gasteiger charge is -2.10. The zero-order chi connectivity index (χ0) is 12.1. The van der Waals surface area contributed by atoms with Gasteiger partial charge in [0, 0.05) is 31.8 Å². The van der Waals surface area contributed by atoms with E-state index in [9.17, 15) is 9.59 Å². The topological polar surface area (TPSA) is 71.1 Å². The van der Waals surface area contributed by atoms with E-state index in [2.05, 4.69) is 15.6 Å². The number of nitrogens with zero attached hydrogens (tertiary/aromatic N) is 1. The SMILES string of the molecule is O=C1CC(NC(=O)CCc2ccncc2)CN1. The summed E-state index contributed by atoms with van der Waals surface area (Å²) in [4.78, 5) is 26.5. The summed E-state index contributed by atoms with van der Waals surface area (Å²) in [5.74, 6) is -0.00672. The molecule has 2 N–H and O–H groups in total. The molecule has 0 saturated carbocycles. The molecule has 1 fully saturated rings. The molecule has 0 radical (unpaired) electrons. The van der Waals surface area contributed by atoms with Crippen LogP contribution in [0.4, 0.5) is 0 Å². The fraction of sp³-hybridized carbons (Fsp3) is 0.417. The first-order valence-corrected chi connectivity index (χ1v) is 5.69. The second-order valence-electron chi connectivity index (χ2n) is 4.13. The van der Waals surface area contributed by atoms with E-state index in [1.54, 1.807) is 12.4 Å². The summed E-state index contributed by atoms with van der Waals surface area (Å²) in [6.45, 7) is 0.541. The molecular weight excluding hydrogens is 218 g/mol. The molecule has 1 aliphatic heterocycles. The molecule has 2 rings (SSSR count). The number of hydrogen-bond donors (Lipinski definition) is 2. The molecule has 90 valence electrons. The van der Waals surface area contributed by atoms with E-state index >= 15 is 0 Å². The van der Waals surface area contributed by atoms with Crippen LogP contribution in [-0.4, -0.2) is 29.4 Å². The number of nitrogens with one attached hydrogen (secondary N) is 2. The van der Waals surface area contributed by atoms with Crippen molar-refractivity contribution in [1.29, 1.82) is 0 Å². The molecule has 0 aliphatic carbocycles. The van der Waals surface area contributed by atoms with Gasteiger partial charge in [0.15, 0.2) is 0 Å². The minimum absolute atomic E-state index is 0.00411. The lowest BCUT2D eigenvalue weighted by molar-refractivity contribution is -0.121. The molecule has 0 bridgehead atoms. The molecule has 5 nitrogen and oxygen atoms in total. The number of pyridine rings is 1. The number of rotatable bonds is 4. The minimum atomic E-state index is -0.0487. The van der Waals surface area contributed by atoms with Crippen molar-refractivity contribution in [2.75, 3.05) is 6.54 Å². The minimum Gasteiger partial charge on any atom is -0.354 e. The first kappa shape index (κ1) is 11.6. The van der Waals surface area contributed by atoms with Crippen molar-refractivity contribution in [2.45, 2.75) is 25.3 Å². The van der Waals surface area contributed by atoms with E-state index in [0.29, 0.717) is 25.8 Å². The van der Waals surface area contributed by atoms with Crippen LogP contribution in [0, 0.1) is 0 Å². The highest BCUT2D eigenvalue weighted by Gasteiger charge is 2.22. The smallest absolute Gasteiger partial charge is 0.222 e. The van der Waals surface area contributed by atoms with Crippen molar-refractivity contribution in [3.8, 4) is 0 Å². The van der Waals surface area contributed by atoms with Crippen molar-refractivity contribution in [2.24, 2.45) is 0 Å². The Balaban J connectivity index is 1.73. The monoisotopic (exact) mass is 233 g/mol. The largest absolute Gasteiger partial charge is 0.354 e. The Labute approximate surface area is 99.6 Å². The molecular formula is C12H15N3O2. The molecule has 0 aromatic carbocycles. The third kappa shape index (κ3) is 3.55. The Kier molecular flexibility index (Phi) is 3.69. The number of amides is 2. The van der Waals surface area contributed by atoms with E-state index in [0.717, 1.165) is 5.56 Å². The van der Waals surface area contributed by atoms with Gasteiger partial charge in [0.1, 0.15) is 0 Å². The molecule has 1 unspecified atom stereocenters. The summed E-state index contributed by atoms with van der Waals surface area (Å²) < 4.78 is 0. The van der Waals surface area contributed by atoms with Gasteiger partial charge in [-0.25, -0.2) is 0 Å². The van der Waals surface area contributed by atoms with Crippen LogP contribution in [0.1, 0.15) is 18.4 Å². The van der Waals surface area contributed by atoms with Gasteiger partial charge in [0.25, 0.3) is 0 Å². The van der Waals surface area contributed by atoms with Gasteiger partial charge in [0.2, 0.25) is 11.8 Å². The van der Waals surface area contributed by atoms with Gasteiger partial charge in [-0.1, -0.05) is 0 Å². The molecule has 17 heavy (non-hydrogen) atoms. The fourth-order valence-corrected chi connectivity index (χ4v) is 1.81. The fourth-order valence-electron chi connectivity index (χ4n) is 1.81. The van der Waals surface area contributed by atoms with Crippen LogP contribution in [0.3, 0.4) is 0 Å². The van der Waals surface area contributed by atoms with Crippen LogP contribution in [0.25, 0.3) is 0 Å².